The van der Waals surface area contributed by atoms with E-state index in [1.54, 1.807) is 6.33 Å². The van der Waals surface area contributed by atoms with Crippen LogP contribution >= 0.6 is 0 Å². The number of aliphatic hydroxyl groups is 1. The molecule has 24 heavy (non-hydrogen) atoms. The minimum absolute atomic E-state index is 0.238. The highest BCUT2D eigenvalue weighted by atomic mass is 16.8. The van der Waals surface area contributed by atoms with E-state index in [0.717, 1.165) is 0 Å². The molecule has 0 radical (unpaired) electrons. The zero-order chi connectivity index (χ0) is 16.7. The van der Waals surface area contributed by atoms with Gasteiger partial charge in [0.1, 0.15) is 29.7 Å². The number of rotatable bonds is 1. The maximum atomic E-state index is 9.82. The molecule has 2 aromatic heterocycles. The summed E-state index contributed by atoms with van der Waals surface area (Å²) in [7, 11) is 0. The van der Waals surface area contributed by atoms with E-state index >= 15 is 0 Å². The number of imidazole rings is 1. The lowest BCUT2D eigenvalue weighted by atomic mass is 9.73. The second kappa shape index (κ2) is 4.42. The summed E-state index contributed by atoms with van der Waals surface area (Å²) in [4.78, 5) is 12.6. The number of nitrogens with two attached hydrogens (primary N) is 1. The van der Waals surface area contributed by atoms with Gasteiger partial charge in [-0.05, 0) is 13.8 Å². The monoisotopic (exact) mass is 333 g/mol. The van der Waals surface area contributed by atoms with Crippen molar-refractivity contribution in [3.05, 3.63) is 12.7 Å². The van der Waals surface area contributed by atoms with Crippen LogP contribution in [-0.2, 0) is 14.2 Å². The Labute approximate surface area is 137 Å². The largest absolute Gasteiger partial charge is 0.393 e. The van der Waals surface area contributed by atoms with E-state index < -0.39 is 17.6 Å². The van der Waals surface area contributed by atoms with Crippen LogP contribution in [0.2, 0.25) is 0 Å². The molecule has 2 aliphatic heterocycles. The van der Waals surface area contributed by atoms with Gasteiger partial charge in [0.25, 0.3) is 0 Å². The predicted molar refractivity (Wildman–Crippen MR) is 81.7 cm³/mol. The highest BCUT2D eigenvalue weighted by molar-refractivity contribution is 5.81. The van der Waals surface area contributed by atoms with Crippen LogP contribution in [0.15, 0.2) is 12.7 Å². The topological polar surface area (TPSA) is 118 Å². The van der Waals surface area contributed by atoms with Crippen LogP contribution < -0.4 is 5.73 Å². The number of aliphatic hydroxyl groups excluding tert-OH is 1. The van der Waals surface area contributed by atoms with E-state index in [4.69, 9.17) is 19.9 Å². The van der Waals surface area contributed by atoms with E-state index in [-0.39, 0.29) is 18.3 Å². The van der Waals surface area contributed by atoms with Crippen LogP contribution in [0.3, 0.4) is 0 Å². The Balaban J connectivity index is 1.59. The molecule has 3 atom stereocenters. The van der Waals surface area contributed by atoms with Crippen molar-refractivity contribution in [2.75, 3.05) is 5.73 Å². The highest BCUT2D eigenvalue weighted by Crippen LogP contribution is 2.56. The lowest BCUT2D eigenvalue weighted by Crippen LogP contribution is -2.55. The standard InChI is InChI=1S/C15H19N5O4/c1-14(2)22-9-10(23-14)15(3-7(21)4-15)24-13(9)20-6-19-8-11(16)17-5-18-12(8)20/h5-7,9-10,13,21H,3-4H2,1-2H3,(H2,16,17,18)/t7-,9-,10+,13-,15-/m1/s1. The zero-order valence-corrected chi connectivity index (χ0v) is 13.4. The molecule has 0 bridgehead atoms. The minimum atomic E-state index is -0.699. The molecule has 0 aromatic carbocycles. The van der Waals surface area contributed by atoms with E-state index in [9.17, 15) is 5.11 Å². The van der Waals surface area contributed by atoms with Gasteiger partial charge in [-0.1, -0.05) is 0 Å². The quantitative estimate of drug-likeness (QED) is 0.767. The first-order valence-electron chi connectivity index (χ1n) is 8.03. The van der Waals surface area contributed by atoms with E-state index in [2.05, 4.69) is 15.0 Å². The van der Waals surface area contributed by atoms with Gasteiger partial charge in [0.15, 0.2) is 23.5 Å². The van der Waals surface area contributed by atoms with Crippen LogP contribution in [-0.4, -0.2) is 54.3 Å². The van der Waals surface area contributed by atoms with Crippen molar-refractivity contribution >= 4 is 17.0 Å². The van der Waals surface area contributed by atoms with Crippen molar-refractivity contribution in [3.63, 3.8) is 0 Å². The third-order valence-electron chi connectivity index (χ3n) is 5.11. The number of nitrogen functional groups attached to an aromatic ring is 1. The van der Waals surface area contributed by atoms with Gasteiger partial charge in [0, 0.05) is 12.8 Å². The normalized spacial score (nSPS) is 40.1. The fourth-order valence-electron chi connectivity index (χ4n) is 4.12. The lowest BCUT2D eigenvalue weighted by Gasteiger charge is -2.45. The molecule has 128 valence electrons. The second-order valence-electron chi connectivity index (χ2n) is 7.24. The summed E-state index contributed by atoms with van der Waals surface area (Å²) >= 11 is 0. The van der Waals surface area contributed by atoms with Gasteiger partial charge in [-0.25, -0.2) is 15.0 Å². The number of hydrogen-bond donors (Lipinski definition) is 2. The third-order valence-corrected chi connectivity index (χ3v) is 5.11. The number of aromatic nitrogens is 4. The van der Waals surface area contributed by atoms with Gasteiger partial charge in [-0.3, -0.25) is 4.57 Å². The Bertz CT molecular complexity index is 815. The first-order valence-corrected chi connectivity index (χ1v) is 8.03. The Morgan fingerprint density at radius 2 is 2.00 bits per heavy atom. The van der Waals surface area contributed by atoms with Gasteiger partial charge in [0.2, 0.25) is 0 Å². The fourth-order valence-corrected chi connectivity index (χ4v) is 4.12. The lowest BCUT2D eigenvalue weighted by molar-refractivity contribution is -0.251. The molecule has 9 heteroatoms. The minimum Gasteiger partial charge on any atom is -0.393 e. The molecule has 2 aromatic rings. The second-order valence-corrected chi connectivity index (χ2v) is 7.24. The van der Waals surface area contributed by atoms with Crippen LogP contribution in [0.5, 0.6) is 0 Å². The molecule has 1 spiro atoms. The molecule has 3 aliphatic rings. The Morgan fingerprint density at radius 1 is 1.21 bits per heavy atom. The molecule has 9 nitrogen and oxygen atoms in total. The van der Waals surface area contributed by atoms with E-state index in [0.29, 0.717) is 29.8 Å². The van der Waals surface area contributed by atoms with Crippen LogP contribution in [0, 0.1) is 0 Å². The first kappa shape index (κ1) is 14.5. The maximum Gasteiger partial charge on any atom is 0.167 e. The summed E-state index contributed by atoms with van der Waals surface area (Å²) in [6.45, 7) is 3.77. The summed E-state index contributed by atoms with van der Waals surface area (Å²) in [5.74, 6) is -0.374. The summed E-state index contributed by atoms with van der Waals surface area (Å²) in [6.07, 6.45) is 2.76. The molecule has 3 N–H and O–H groups in total. The molecular formula is C15H19N5O4. The average Bonchev–Trinajstić information content (AvgIpc) is 3.11. The summed E-state index contributed by atoms with van der Waals surface area (Å²) < 4.78 is 20.3. The summed E-state index contributed by atoms with van der Waals surface area (Å²) in [5.41, 5.74) is 6.47. The molecule has 3 fully saturated rings. The number of nitrogens with zero attached hydrogens (tertiary/aromatic N) is 4. The molecule has 0 unspecified atom stereocenters. The maximum absolute atomic E-state index is 9.82. The van der Waals surface area contributed by atoms with Gasteiger partial charge in [-0.2, -0.15) is 0 Å². The number of fused-ring (bicyclic) bond motifs is 3. The van der Waals surface area contributed by atoms with Crippen molar-refractivity contribution < 1.29 is 19.3 Å². The van der Waals surface area contributed by atoms with E-state index in [1.165, 1.54) is 6.33 Å². The first-order chi connectivity index (χ1) is 11.4. The molecule has 0 amide bonds. The van der Waals surface area contributed by atoms with Gasteiger partial charge < -0.3 is 25.1 Å². The van der Waals surface area contributed by atoms with Crippen molar-refractivity contribution in [1.82, 2.24) is 19.5 Å². The highest BCUT2D eigenvalue weighted by Gasteiger charge is 2.67. The Hall–Kier alpha value is -1.81. The summed E-state index contributed by atoms with van der Waals surface area (Å²) in [5, 5.41) is 9.82. The number of ether oxygens (including phenoxy) is 3. The molecule has 5 rings (SSSR count). The van der Waals surface area contributed by atoms with Crippen molar-refractivity contribution in [2.24, 2.45) is 0 Å². The average molecular weight is 333 g/mol. The Morgan fingerprint density at radius 3 is 2.75 bits per heavy atom. The summed E-state index contributed by atoms with van der Waals surface area (Å²) in [6, 6.07) is 0. The van der Waals surface area contributed by atoms with Crippen molar-refractivity contribution in [3.8, 4) is 0 Å². The van der Waals surface area contributed by atoms with Gasteiger partial charge in [-0.15, -0.1) is 0 Å². The van der Waals surface area contributed by atoms with Crippen LogP contribution in [0.1, 0.15) is 32.9 Å². The SMILES string of the molecule is CC1(C)O[C@H]2[C@H](n3cnc4c(N)ncnc43)O[C@]3(C[C@H](O)C3)[C@H]2O1. The van der Waals surface area contributed by atoms with E-state index in [1.807, 2.05) is 18.4 Å². The van der Waals surface area contributed by atoms with Gasteiger partial charge >= 0.3 is 0 Å². The van der Waals surface area contributed by atoms with Crippen LogP contribution in [0.25, 0.3) is 11.2 Å². The molecule has 1 saturated carbocycles. The van der Waals surface area contributed by atoms with Crippen molar-refractivity contribution in [1.29, 1.82) is 0 Å². The molecule has 2 saturated heterocycles. The molecular weight excluding hydrogens is 314 g/mol. The smallest absolute Gasteiger partial charge is 0.167 e. The molecule has 4 heterocycles. The Kier molecular flexibility index (Phi) is 2.68. The third kappa shape index (κ3) is 1.80. The van der Waals surface area contributed by atoms with Crippen LogP contribution in [0.4, 0.5) is 5.82 Å². The number of anilines is 1. The van der Waals surface area contributed by atoms with Crippen molar-refractivity contribution in [2.45, 2.75) is 62.6 Å². The number of hydrogen-bond acceptors (Lipinski definition) is 8. The predicted octanol–water partition coefficient (Wildman–Crippen LogP) is 0.351. The zero-order valence-electron chi connectivity index (χ0n) is 13.4. The van der Waals surface area contributed by atoms with Gasteiger partial charge in [0.05, 0.1) is 12.4 Å². The molecule has 1 aliphatic carbocycles. The fraction of sp³-hybridized carbons (Fsp3) is 0.667.